The van der Waals surface area contributed by atoms with Crippen LogP contribution in [0.15, 0.2) is 0 Å². The van der Waals surface area contributed by atoms with E-state index in [-0.39, 0.29) is 18.3 Å². The molecular formula is C16H31BO3. The highest BCUT2D eigenvalue weighted by atomic mass is 16.7. The molecule has 116 valence electrons. The molecule has 0 aromatic carbocycles. The van der Waals surface area contributed by atoms with E-state index in [0.717, 1.165) is 19.3 Å². The lowest BCUT2D eigenvalue weighted by Crippen LogP contribution is -2.41. The molecule has 3 nitrogen and oxygen atoms in total. The van der Waals surface area contributed by atoms with Gasteiger partial charge in [-0.05, 0) is 52.8 Å². The molecule has 0 radical (unpaired) electrons. The van der Waals surface area contributed by atoms with Gasteiger partial charge in [0.05, 0.1) is 17.3 Å². The van der Waals surface area contributed by atoms with E-state index in [1.165, 1.54) is 25.7 Å². The van der Waals surface area contributed by atoms with Gasteiger partial charge in [-0.2, -0.15) is 0 Å². The summed E-state index contributed by atoms with van der Waals surface area (Å²) in [6.07, 6.45) is 7.60. The molecule has 0 aliphatic carbocycles. The lowest BCUT2D eigenvalue weighted by Gasteiger charge is -2.32. The zero-order valence-corrected chi connectivity index (χ0v) is 13.9. The fraction of sp³-hybridized carbons (Fsp3) is 1.00. The van der Waals surface area contributed by atoms with Crippen LogP contribution in [0.2, 0.25) is 6.32 Å². The van der Waals surface area contributed by atoms with Crippen LogP contribution in [0.4, 0.5) is 0 Å². The fourth-order valence-corrected chi connectivity index (χ4v) is 3.19. The summed E-state index contributed by atoms with van der Waals surface area (Å²) in [4.78, 5) is 0. The molecule has 0 amide bonds. The monoisotopic (exact) mass is 282 g/mol. The molecular weight excluding hydrogens is 251 g/mol. The first-order valence-electron chi connectivity index (χ1n) is 8.33. The Kier molecular flexibility index (Phi) is 5.20. The van der Waals surface area contributed by atoms with Crippen LogP contribution in [0.1, 0.15) is 66.7 Å². The van der Waals surface area contributed by atoms with Gasteiger partial charge in [0.15, 0.2) is 0 Å². The Morgan fingerprint density at radius 3 is 2.30 bits per heavy atom. The molecule has 0 unspecified atom stereocenters. The van der Waals surface area contributed by atoms with Crippen molar-refractivity contribution in [3.8, 4) is 0 Å². The molecule has 2 atom stereocenters. The summed E-state index contributed by atoms with van der Waals surface area (Å²) in [5, 5.41) is 0. The largest absolute Gasteiger partial charge is 0.458 e. The average molecular weight is 282 g/mol. The van der Waals surface area contributed by atoms with Gasteiger partial charge in [0.2, 0.25) is 0 Å². The summed E-state index contributed by atoms with van der Waals surface area (Å²) in [5.74, 6) is 0.599. The summed E-state index contributed by atoms with van der Waals surface area (Å²) >= 11 is 0. The summed E-state index contributed by atoms with van der Waals surface area (Å²) in [6, 6.07) is 0. The second kappa shape index (κ2) is 6.37. The van der Waals surface area contributed by atoms with Gasteiger partial charge in [-0.3, -0.25) is 0 Å². The number of rotatable bonds is 6. The lowest BCUT2D eigenvalue weighted by molar-refractivity contribution is 0.00578. The molecule has 2 aliphatic heterocycles. The predicted octanol–water partition coefficient (Wildman–Crippen LogP) is 4.06. The maximum atomic E-state index is 6.12. The first-order chi connectivity index (χ1) is 9.36. The molecule has 2 aliphatic rings. The zero-order valence-electron chi connectivity index (χ0n) is 13.9. The van der Waals surface area contributed by atoms with E-state index < -0.39 is 0 Å². The minimum absolute atomic E-state index is 0.0691. The number of hydrogen-bond donors (Lipinski definition) is 0. The Balaban J connectivity index is 1.84. The molecule has 20 heavy (non-hydrogen) atoms. The van der Waals surface area contributed by atoms with Gasteiger partial charge in [0.1, 0.15) is 0 Å². The third kappa shape index (κ3) is 3.58. The Labute approximate surface area is 124 Å². The number of hydrogen-bond acceptors (Lipinski definition) is 3. The van der Waals surface area contributed by atoms with Gasteiger partial charge in [-0.25, -0.2) is 0 Å². The van der Waals surface area contributed by atoms with E-state index in [2.05, 4.69) is 34.6 Å². The van der Waals surface area contributed by atoms with Crippen LogP contribution in [0.5, 0.6) is 0 Å². The molecule has 0 bridgehead atoms. The smallest absolute Gasteiger partial charge is 0.403 e. The van der Waals surface area contributed by atoms with E-state index in [1.54, 1.807) is 0 Å². The van der Waals surface area contributed by atoms with E-state index in [9.17, 15) is 0 Å². The quantitative estimate of drug-likeness (QED) is 0.543. The van der Waals surface area contributed by atoms with Crippen molar-refractivity contribution in [1.29, 1.82) is 0 Å². The van der Waals surface area contributed by atoms with Crippen LogP contribution in [0.25, 0.3) is 0 Å². The van der Waals surface area contributed by atoms with Crippen molar-refractivity contribution < 1.29 is 14.0 Å². The summed E-state index contributed by atoms with van der Waals surface area (Å²) in [5.41, 5.74) is -0.427. The van der Waals surface area contributed by atoms with Crippen molar-refractivity contribution in [2.45, 2.75) is 90.3 Å². The Morgan fingerprint density at radius 2 is 1.70 bits per heavy atom. The van der Waals surface area contributed by atoms with Gasteiger partial charge in [0, 0.05) is 6.61 Å². The van der Waals surface area contributed by atoms with Crippen LogP contribution in [0.3, 0.4) is 0 Å². The Morgan fingerprint density at radius 1 is 1.05 bits per heavy atom. The van der Waals surface area contributed by atoms with Crippen molar-refractivity contribution in [1.82, 2.24) is 0 Å². The topological polar surface area (TPSA) is 27.7 Å². The van der Waals surface area contributed by atoms with Crippen molar-refractivity contribution in [2.75, 3.05) is 6.61 Å². The molecule has 2 fully saturated rings. The molecule has 2 saturated heterocycles. The SMILES string of the molecule is CCCCC[C@H]1OCC[C@@H]1CB1OC(C)(C)C(C)(C)O1. The molecule has 0 aromatic rings. The maximum Gasteiger partial charge on any atom is 0.458 e. The highest BCUT2D eigenvalue weighted by Crippen LogP contribution is 2.40. The van der Waals surface area contributed by atoms with Gasteiger partial charge in [-0.1, -0.05) is 26.2 Å². The molecule has 0 aromatic heterocycles. The second-order valence-corrected chi connectivity index (χ2v) is 7.38. The lowest BCUT2D eigenvalue weighted by atomic mass is 9.74. The minimum atomic E-state index is -0.213. The third-order valence-corrected chi connectivity index (χ3v) is 5.24. The van der Waals surface area contributed by atoms with Crippen LogP contribution in [-0.2, 0) is 14.0 Å². The van der Waals surface area contributed by atoms with E-state index in [4.69, 9.17) is 14.0 Å². The van der Waals surface area contributed by atoms with Gasteiger partial charge < -0.3 is 14.0 Å². The first kappa shape index (κ1) is 16.3. The molecule has 4 heteroatoms. The fourth-order valence-electron chi connectivity index (χ4n) is 3.19. The van der Waals surface area contributed by atoms with Crippen LogP contribution < -0.4 is 0 Å². The normalized spacial score (nSPS) is 31.9. The van der Waals surface area contributed by atoms with Crippen LogP contribution >= 0.6 is 0 Å². The van der Waals surface area contributed by atoms with Crippen LogP contribution in [-0.4, -0.2) is 31.0 Å². The van der Waals surface area contributed by atoms with E-state index in [1.807, 2.05) is 0 Å². The highest BCUT2D eigenvalue weighted by molar-refractivity contribution is 6.45. The van der Waals surface area contributed by atoms with Gasteiger partial charge in [-0.15, -0.1) is 0 Å². The van der Waals surface area contributed by atoms with Crippen molar-refractivity contribution in [2.24, 2.45) is 5.92 Å². The first-order valence-corrected chi connectivity index (χ1v) is 8.33. The molecule has 2 heterocycles. The Hall–Kier alpha value is -0.0551. The standard InChI is InChI=1S/C16H31BO3/c1-6-7-8-9-14-13(10-11-18-14)12-17-19-15(2,3)16(4,5)20-17/h13-14H,6-12H2,1-5H3/t13-,14-/m1/s1. The summed E-state index contributed by atoms with van der Waals surface area (Å²) in [6.45, 7) is 11.6. The Bertz CT molecular complexity index is 301. The molecule has 0 N–H and O–H groups in total. The zero-order chi connectivity index (χ0) is 14.8. The summed E-state index contributed by atoms with van der Waals surface area (Å²) in [7, 11) is -0.0691. The van der Waals surface area contributed by atoms with Gasteiger partial charge >= 0.3 is 7.12 Å². The highest BCUT2D eigenvalue weighted by Gasteiger charge is 2.52. The van der Waals surface area contributed by atoms with Crippen LogP contribution in [0, 0.1) is 5.92 Å². The number of unbranched alkanes of at least 4 members (excludes halogenated alkanes) is 2. The number of ether oxygens (including phenoxy) is 1. The molecule has 0 spiro atoms. The van der Waals surface area contributed by atoms with Crippen molar-refractivity contribution in [3.63, 3.8) is 0 Å². The molecule has 2 rings (SSSR count). The van der Waals surface area contributed by atoms with Crippen molar-refractivity contribution >= 4 is 7.12 Å². The van der Waals surface area contributed by atoms with E-state index in [0.29, 0.717) is 12.0 Å². The predicted molar refractivity (Wildman–Crippen MR) is 82.9 cm³/mol. The second-order valence-electron chi connectivity index (χ2n) is 7.38. The minimum Gasteiger partial charge on any atom is -0.403 e. The van der Waals surface area contributed by atoms with E-state index >= 15 is 0 Å². The summed E-state index contributed by atoms with van der Waals surface area (Å²) < 4.78 is 18.2. The van der Waals surface area contributed by atoms with Gasteiger partial charge in [0.25, 0.3) is 0 Å². The molecule has 0 saturated carbocycles. The third-order valence-electron chi connectivity index (χ3n) is 5.24. The average Bonchev–Trinajstić information content (AvgIpc) is 2.83. The van der Waals surface area contributed by atoms with Crippen molar-refractivity contribution in [3.05, 3.63) is 0 Å². The maximum absolute atomic E-state index is 6.12.